The molecule has 0 unspecified atom stereocenters. The predicted octanol–water partition coefficient (Wildman–Crippen LogP) is 4.43. The third kappa shape index (κ3) is 4.91. The van der Waals surface area contributed by atoms with Crippen LogP contribution in [-0.2, 0) is 24.4 Å². The molecule has 1 heterocycles. The van der Waals surface area contributed by atoms with E-state index in [2.05, 4.69) is 0 Å². The van der Waals surface area contributed by atoms with E-state index in [0.717, 1.165) is 16.6 Å². The number of benzene rings is 3. The Morgan fingerprint density at radius 3 is 2.06 bits per heavy atom. The van der Waals surface area contributed by atoms with Gasteiger partial charge in [-0.1, -0.05) is 53.6 Å². The summed E-state index contributed by atoms with van der Waals surface area (Å²) >= 11 is 5.93. The number of nitrogens with one attached hydrogen (secondary N) is 1. The zero-order chi connectivity index (χ0) is 23.5. The molecule has 0 bridgehead atoms. The lowest BCUT2D eigenvalue weighted by Gasteiger charge is -2.18. The Kier molecular flexibility index (Phi) is 6.47. The number of halogens is 1. The molecule has 1 N–H and O–H groups in total. The summed E-state index contributed by atoms with van der Waals surface area (Å²) in [5.74, 6) is -0.239. The molecule has 7 heteroatoms. The van der Waals surface area contributed by atoms with Crippen LogP contribution in [0.1, 0.15) is 21.5 Å². The van der Waals surface area contributed by atoms with E-state index in [1.54, 1.807) is 45.3 Å². The van der Waals surface area contributed by atoms with Crippen molar-refractivity contribution in [2.75, 3.05) is 7.05 Å². The highest BCUT2D eigenvalue weighted by molar-refractivity contribution is 6.30. The quantitative estimate of drug-likeness (QED) is 0.414. The smallest absolute Gasteiger partial charge is 0.242 e. The van der Waals surface area contributed by atoms with E-state index < -0.39 is 0 Å². The summed E-state index contributed by atoms with van der Waals surface area (Å²) in [6, 6.07) is 22.2. The third-order valence-electron chi connectivity index (χ3n) is 5.70. The van der Waals surface area contributed by atoms with Gasteiger partial charge in [0.05, 0.1) is 17.6 Å². The molecule has 0 aliphatic rings. The van der Waals surface area contributed by atoms with E-state index in [1.807, 2.05) is 55.5 Å². The Morgan fingerprint density at radius 2 is 1.45 bits per heavy atom. The summed E-state index contributed by atoms with van der Waals surface area (Å²) in [5, 5.41) is 9.29. The van der Waals surface area contributed by atoms with Crippen molar-refractivity contribution >= 4 is 34.3 Å². The second-order valence-corrected chi connectivity index (χ2v) is 8.59. The number of fused-ring (bicyclic) bond motifs is 1. The summed E-state index contributed by atoms with van der Waals surface area (Å²) in [7, 11) is 1.76. The number of hydrogen-bond donors (Lipinski definition) is 1. The first kappa shape index (κ1) is 22.6. The summed E-state index contributed by atoms with van der Waals surface area (Å²) in [6.07, 6.45) is 0. The van der Waals surface area contributed by atoms with Crippen LogP contribution >= 0.6 is 11.6 Å². The van der Waals surface area contributed by atoms with Gasteiger partial charge in [0.1, 0.15) is 6.54 Å². The first-order valence-corrected chi connectivity index (χ1v) is 11.0. The average Bonchev–Trinajstić information content (AvgIpc) is 3.07. The van der Waals surface area contributed by atoms with E-state index in [9.17, 15) is 9.59 Å². The van der Waals surface area contributed by atoms with E-state index in [0.29, 0.717) is 17.1 Å². The summed E-state index contributed by atoms with van der Waals surface area (Å²) in [4.78, 5) is 27.5. The van der Waals surface area contributed by atoms with Gasteiger partial charge in [-0.25, -0.2) is 0 Å². The normalized spacial score (nSPS) is 11.0. The number of nitrogens with zero attached hydrogens (tertiary/aromatic N) is 3. The van der Waals surface area contributed by atoms with Crippen molar-refractivity contribution in [1.82, 2.24) is 14.0 Å². The maximum Gasteiger partial charge on any atom is 0.242 e. The Bertz CT molecular complexity index is 1370. The van der Waals surface area contributed by atoms with Crippen LogP contribution < -0.4 is 5.62 Å². The standard InChI is InChI=1S/C26H25ClN4O2/c1-18-7-9-19(10-8-18)15-29(2)25(33)17-31-23-6-4-3-5-22(23)30(26(31)28)16-24(32)20-11-13-21(27)14-12-20/h3-14,28H,15-17H2,1-2H3. The maximum atomic E-state index is 13.0. The van der Waals surface area contributed by atoms with Crippen LogP contribution in [0.5, 0.6) is 0 Å². The molecule has 4 aromatic rings. The zero-order valence-corrected chi connectivity index (χ0v) is 19.3. The van der Waals surface area contributed by atoms with Crippen LogP contribution in [0.4, 0.5) is 0 Å². The number of carbonyl (C=O) groups excluding carboxylic acids is 2. The lowest BCUT2D eigenvalue weighted by molar-refractivity contribution is -0.131. The van der Waals surface area contributed by atoms with Crippen LogP contribution in [0.2, 0.25) is 5.02 Å². The van der Waals surface area contributed by atoms with Gasteiger partial charge in [0.2, 0.25) is 11.5 Å². The topological polar surface area (TPSA) is 71.1 Å². The number of carbonyl (C=O) groups is 2. The Morgan fingerprint density at radius 1 is 0.879 bits per heavy atom. The minimum atomic E-state index is -0.129. The van der Waals surface area contributed by atoms with Crippen LogP contribution in [0, 0.1) is 12.3 Å². The van der Waals surface area contributed by atoms with Crippen LogP contribution in [-0.4, -0.2) is 32.8 Å². The molecule has 1 aromatic heterocycles. The highest BCUT2D eigenvalue weighted by atomic mass is 35.5. The van der Waals surface area contributed by atoms with Gasteiger partial charge in [-0.3, -0.25) is 15.0 Å². The SMILES string of the molecule is Cc1ccc(CN(C)C(=O)Cn2c(=N)n(CC(=O)c3ccc(Cl)cc3)c3ccccc32)cc1. The molecule has 0 spiro atoms. The van der Waals surface area contributed by atoms with E-state index in [4.69, 9.17) is 17.0 Å². The molecular weight excluding hydrogens is 436 g/mol. The zero-order valence-electron chi connectivity index (χ0n) is 18.6. The van der Waals surface area contributed by atoms with Gasteiger partial charge >= 0.3 is 0 Å². The first-order chi connectivity index (χ1) is 15.8. The molecule has 1 amide bonds. The van der Waals surface area contributed by atoms with Gasteiger partial charge in [0.25, 0.3) is 0 Å². The fourth-order valence-corrected chi connectivity index (χ4v) is 3.92. The number of likely N-dealkylation sites (N-methyl/N-ethyl adjacent to an activating group) is 1. The van der Waals surface area contributed by atoms with Crippen molar-refractivity contribution in [3.05, 3.63) is 100 Å². The van der Waals surface area contributed by atoms with Crippen molar-refractivity contribution in [2.45, 2.75) is 26.6 Å². The van der Waals surface area contributed by atoms with Crippen molar-refractivity contribution in [2.24, 2.45) is 0 Å². The first-order valence-electron chi connectivity index (χ1n) is 10.6. The number of para-hydroxylation sites is 2. The number of ketones is 1. The molecule has 4 rings (SSSR count). The molecule has 0 fully saturated rings. The molecule has 3 aromatic carbocycles. The Balaban J connectivity index is 1.59. The molecule has 168 valence electrons. The fourth-order valence-electron chi connectivity index (χ4n) is 3.80. The molecule has 0 saturated heterocycles. The van der Waals surface area contributed by atoms with Crippen LogP contribution in [0.3, 0.4) is 0 Å². The number of amides is 1. The van der Waals surface area contributed by atoms with E-state index >= 15 is 0 Å². The lowest BCUT2D eigenvalue weighted by atomic mass is 10.1. The number of aromatic nitrogens is 2. The van der Waals surface area contributed by atoms with Crippen molar-refractivity contribution in [3.8, 4) is 0 Å². The molecule has 33 heavy (non-hydrogen) atoms. The van der Waals surface area contributed by atoms with Crippen molar-refractivity contribution < 1.29 is 9.59 Å². The molecule has 0 saturated carbocycles. The predicted molar refractivity (Wildman–Crippen MR) is 129 cm³/mol. The molecule has 6 nitrogen and oxygen atoms in total. The van der Waals surface area contributed by atoms with E-state index in [1.165, 1.54) is 5.56 Å². The number of rotatable bonds is 7. The summed E-state index contributed by atoms with van der Waals surface area (Å²) in [5.41, 5.74) is 4.32. The fraction of sp³-hybridized carbons (Fsp3) is 0.192. The third-order valence-corrected chi connectivity index (χ3v) is 5.95. The van der Waals surface area contributed by atoms with Gasteiger partial charge in [0.15, 0.2) is 5.78 Å². The highest BCUT2D eigenvalue weighted by Gasteiger charge is 2.18. The largest absolute Gasteiger partial charge is 0.340 e. The van der Waals surface area contributed by atoms with Crippen LogP contribution in [0.15, 0.2) is 72.8 Å². The van der Waals surface area contributed by atoms with Crippen molar-refractivity contribution in [3.63, 3.8) is 0 Å². The van der Waals surface area contributed by atoms with Gasteiger partial charge in [-0.15, -0.1) is 0 Å². The van der Waals surface area contributed by atoms with Gasteiger partial charge in [0, 0.05) is 24.2 Å². The number of imidazole rings is 1. The Hall–Kier alpha value is -3.64. The lowest BCUT2D eigenvalue weighted by Crippen LogP contribution is -2.35. The van der Waals surface area contributed by atoms with Gasteiger partial charge < -0.3 is 14.0 Å². The number of aryl methyl sites for hydroxylation is 1. The second-order valence-electron chi connectivity index (χ2n) is 8.15. The molecular formula is C26H25ClN4O2. The van der Waals surface area contributed by atoms with E-state index in [-0.39, 0.29) is 30.4 Å². The minimum Gasteiger partial charge on any atom is -0.340 e. The van der Waals surface area contributed by atoms with Crippen LogP contribution in [0.25, 0.3) is 11.0 Å². The summed E-state index contributed by atoms with van der Waals surface area (Å²) < 4.78 is 3.29. The molecule has 0 aliphatic carbocycles. The average molecular weight is 461 g/mol. The highest BCUT2D eigenvalue weighted by Crippen LogP contribution is 2.16. The molecule has 0 atom stereocenters. The molecule has 0 radical (unpaired) electrons. The number of Topliss-reactive ketones (excluding diaryl/α,β-unsaturated/α-hetero) is 1. The van der Waals surface area contributed by atoms with Gasteiger partial charge in [-0.05, 0) is 48.9 Å². The summed E-state index contributed by atoms with van der Waals surface area (Å²) in [6.45, 7) is 2.53. The maximum absolute atomic E-state index is 13.0. The van der Waals surface area contributed by atoms with Gasteiger partial charge in [-0.2, -0.15) is 0 Å². The minimum absolute atomic E-state index is 0.00136. The number of hydrogen-bond acceptors (Lipinski definition) is 3. The van der Waals surface area contributed by atoms with Crippen molar-refractivity contribution in [1.29, 1.82) is 5.41 Å². The Labute approximate surface area is 197 Å². The molecule has 0 aliphatic heterocycles. The second kappa shape index (κ2) is 9.46. The monoisotopic (exact) mass is 460 g/mol.